The number of carbonyl (C=O) groups is 2. The molecule has 1 aromatic carbocycles. The van der Waals surface area contributed by atoms with Crippen LogP contribution in [0, 0.1) is 15.9 Å². The molecule has 1 unspecified atom stereocenters. The maximum atomic E-state index is 12.5. The number of aliphatic carboxylic acids is 1. The van der Waals surface area contributed by atoms with Crippen LogP contribution in [0.3, 0.4) is 0 Å². The maximum Gasteiger partial charge on any atom is 0.311 e. The zero-order valence-electron chi connectivity index (χ0n) is 10.9. The molecule has 0 bridgehead atoms. The highest BCUT2D eigenvalue weighted by Gasteiger charge is 2.42. The van der Waals surface area contributed by atoms with Crippen molar-refractivity contribution in [2.24, 2.45) is 5.41 Å². The molecule has 0 aliphatic carbocycles. The van der Waals surface area contributed by atoms with Crippen LogP contribution in [0.25, 0.3) is 0 Å². The van der Waals surface area contributed by atoms with Gasteiger partial charge in [-0.2, -0.15) is 0 Å². The van der Waals surface area contributed by atoms with E-state index in [1.807, 2.05) is 19.1 Å². The minimum Gasteiger partial charge on any atom is -0.481 e. The van der Waals surface area contributed by atoms with Crippen molar-refractivity contribution >= 4 is 34.5 Å². The summed E-state index contributed by atoms with van der Waals surface area (Å²) in [6.07, 6.45) is 0.511. The number of carboxylic acids is 1. The molecule has 2 rings (SSSR count). The molecule has 0 spiro atoms. The number of carbonyl (C=O) groups excluding carboxylic acids is 1. The van der Waals surface area contributed by atoms with Crippen molar-refractivity contribution in [1.29, 1.82) is 0 Å². The Morgan fingerprint density at radius 3 is 2.68 bits per heavy atom. The second kappa shape index (κ2) is 5.11. The predicted octanol–water partition coefficient (Wildman–Crippen LogP) is 2.54. The number of likely N-dealkylation sites (tertiary alicyclic amines) is 1. The van der Waals surface area contributed by atoms with Gasteiger partial charge < -0.3 is 10.0 Å². The van der Waals surface area contributed by atoms with Gasteiger partial charge in [0.2, 0.25) is 0 Å². The van der Waals surface area contributed by atoms with E-state index in [1.165, 1.54) is 0 Å². The van der Waals surface area contributed by atoms with Gasteiger partial charge in [-0.3, -0.25) is 9.59 Å². The van der Waals surface area contributed by atoms with E-state index in [-0.39, 0.29) is 12.5 Å². The zero-order valence-corrected chi connectivity index (χ0v) is 13.1. The van der Waals surface area contributed by atoms with E-state index in [1.54, 1.807) is 17.9 Å². The minimum absolute atomic E-state index is 0.0685. The third-order valence-corrected chi connectivity index (χ3v) is 4.94. The van der Waals surface area contributed by atoms with E-state index in [2.05, 4.69) is 22.6 Å². The number of hydrogen-bond acceptors (Lipinski definition) is 2. The summed E-state index contributed by atoms with van der Waals surface area (Å²) in [5.74, 6) is -0.900. The van der Waals surface area contributed by atoms with Gasteiger partial charge in [0.25, 0.3) is 5.91 Å². The van der Waals surface area contributed by atoms with Crippen LogP contribution >= 0.6 is 22.6 Å². The maximum absolute atomic E-state index is 12.5. The van der Waals surface area contributed by atoms with Crippen LogP contribution in [0.2, 0.25) is 0 Å². The van der Waals surface area contributed by atoms with Crippen LogP contribution in [0.1, 0.15) is 29.3 Å². The van der Waals surface area contributed by atoms with Gasteiger partial charge in [-0.1, -0.05) is 6.07 Å². The third kappa shape index (κ3) is 2.61. The highest BCUT2D eigenvalue weighted by atomic mass is 127. The van der Waals surface area contributed by atoms with Gasteiger partial charge in [0.1, 0.15) is 0 Å². The fourth-order valence-electron chi connectivity index (χ4n) is 2.32. The van der Waals surface area contributed by atoms with Gasteiger partial charge in [-0.25, -0.2) is 0 Å². The lowest BCUT2D eigenvalue weighted by Crippen LogP contribution is -2.35. The van der Waals surface area contributed by atoms with Crippen molar-refractivity contribution in [3.63, 3.8) is 0 Å². The Hall–Kier alpha value is -1.11. The minimum atomic E-state index is -0.831. The molecule has 1 N–H and O–H groups in total. The van der Waals surface area contributed by atoms with Crippen LogP contribution < -0.4 is 0 Å². The summed E-state index contributed by atoms with van der Waals surface area (Å²) in [7, 11) is 0. The summed E-state index contributed by atoms with van der Waals surface area (Å²) in [5, 5.41) is 9.20. The molecule has 1 fully saturated rings. The number of amides is 1. The lowest BCUT2D eigenvalue weighted by molar-refractivity contribution is -0.147. The summed E-state index contributed by atoms with van der Waals surface area (Å²) in [6.45, 7) is 4.41. The molecule has 1 amide bonds. The number of hydrogen-bond donors (Lipinski definition) is 1. The highest BCUT2D eigenvalue weighted by molar-refractivity contribution is 14.1. The van der Waals surface area contributed by atoms with E-state index >= 15 is 0 Å². The van der Waals surface area contributed by atoms with E-state index in [0.717, 1.165) is 9.13 Å². The van der Waals surface area contributed by atoms with Gasteiger partial charge >= 0.3 is 5.97 Å². The van der Waals surface area contributed by atoms with Crippen LogP contribution in [-0.2, 0) is 4.79 Å². The number of benzene rings is 1. The number of nitrogens with zero attached hydrogens (tertiary/aromatic N) is 1. The van der Waals surface area contributed by atoms with Gasteiger partial charge in [0, 0.05) is 22.2 Å². The van der Waals surface area contributed by atoms with E-state index in [4.69, 9.17) is 0 Å². The van der Waals surface area contributed by atoms with Crippen molar-refractivity contribution in [2.45, 2.75) is 20.3 Å². The molecule has 0 aromatic heterocycles. The molecule has 1 atom stereocenters. The molecule has 1 saturated heterocycles. The molecule has 1 aliphatic heterocycles. The molecule has 0 radical (unpaired) electrons. The summed E-state index contributed by atoms with van der Waals surface area (Å²) < 4.78 is 1.05. The molecule has 1 aliphatic rings. The van der Waals surface area contributed by atoms with Gasteiger partial charge in [0.15, 0.2) is 0 Å². The Kier molecular flexibility index (Phi) is 3.85. The van der Waals surface area contributed by atoms with Crippen LogP contribution in [-0.4, -0.2) is 35.0 Å². The monoisotopic (exact) mass is 373 g/mol. The van der Waals surface area contributed by atoms with Gasteiger partial charge in [0.05, 0.1) is 5.41 Å². The highest BCUT2D eigenvalue weighted by Crippen LogP contribution is 2.31. The largest absolute Gasteiger partial charge is 0.481 e. The van der Waals surface area contributed by atoms with Crippen molar-refractivity contribution < 1.29 is 14.7 Å². The average molecular weight is 373 g/mol. The Labute approximate surface area is 125 Å². The smallest absolute Gasteiger partial charge is 0.311 e. The normalized spacial score (nSPS) is 22.6. The predicted molar refractivity (Wildman–Crippen MR) is 80.2 cm³/mol. The van der Waals surface area contributed by atoms with E-state index < -0.39 is 11.4 Å². The zero-order chi connectivity index (χ0) is 14.2. The first-order valence-corrected chi connectivity index (χ1v) is 7.21. The second-order valence-corrected chi connectivity index (χ2v) is 6.42. The Morgan fingerprint density at radius 1 is 1.42 bits per heavy atom. The summed E-state index contributed by atoms with van der Waals surface area (Å²) in [5.41, 5.74) is 0.810. The fraction of sp³-hybridized carbons (Fsp3) is 0.429. The number of rotatable bonds is 2. The second-order valence-electron chi connectivity index (χ2n) is 5.25. The molecule has 19 heavy (non-hydrogen) atoms. The van der Waals surface area contributed by atoms with Crippen LogP contribution in [0.4, 0.5) is 0 Å². The topological polar surface area (TPSA) is 57.6 Å². The standard InChI is InChI=1S/C14H16INO3/c1-9-10(4-3-5-11(9)15)12(17)16-7-6-14(2,8-16)13(18)19/h3-5H,6-8H2,1-2H3,(H,18,19). The lowest BCUT2D eigenvalue weighted by atomic mass is 9.90. The molecule has 1 aromatic rings. The molecular formula is C14H16INO3. The summed E-state index contributed by atoms with van der Waals surface area (Å²) >= 11 is 2.20. The lowest BCUT2D eigenvalue weighted by Gasteiger charge is -2.21. The molecule has 0 saturated carbocycles. The van der Waals surface area contributed by atoms with Crippen molar-refractivity contribution in [3.05, 3.63) is 32.9 Å². The van der Waals surface area contributed by atoms with E-state index in [9.17, 15) is 14.7 Å². The van der Waals surface area contributed by atoms with E-state index in [0.29, 0.717) is 18.5 Å². The van der Waals surface area contributed by atoms with Gasteiger partial charge in [-0.15, -0.1) is 0 Å². The Morgan fingerprint density at radius 2 is 2.11 bits per heavy atom. The molecule has 5 heteroatoms. The average Bonchev–Trinajstić information content (AvgIpc) is 2.76. The van der Waals surface area contributed by atoms with Crippen molar-refractivity contribution in [2.75, 3.05) is 13.1 Å². The Bertz CT molecular complexity index is 543. The molecular weight excluding hydrogens is 357 g/mol. The van der Waals surface area contributed by atoms with Crippen LogP contribution in [0.15, 0.2) is 18.2 Å². The fourth-order valence-corrected chi connectivity index (χ4v) is 2.82. The molecule has 102 valence electrons. The van der Waals surface area contributed by atoms with Crippen LogP contribution in [0.5, 0.6) is 0 Å². The number of halogens is 1. The first kappa shape index (κ1) is 14.3. The summed E-state index contributed by atoms with van der Waals surface area (Å²) in [4.78, 5) is 25.3. The Balaban J connectivity index is 2.23. The molecule has 4 nitrogen and oxygen atoms in total. The third-order valence-electron chi connectivity index (χ3n) is 3.77. The van der Waals surface area contributed by atoms with Crippen molar-refractivity contribution in [1.82, 2.24) is 4.90 Å². The first-order chi connectivity index (χ1) is 8.85. The van der Waals surface area contributed by atoms with Gasteiger partial charge in [-0.05, 0) is 60.6 Å². The first-order valence-electron chi connectivity index (χ1n) is 6.13. The summed E-state index contributed by atoms with van der Waals surface area (Å²) in [6, 6.07) is 5.61. The SMILES string of the molecule is Cc1c(I)cccc1C(=O)N1CCC(C)(C(=O)O)C1. The molecule has 1 heterocycles. The van der Waals surface area contributed by atoms with Crippen molar-refractivity contribution in [3.8, 4) is 0 Å². The quantitative estimate of drug-likeness (QED) is 0.811. The number of carboxylic acid groups (broad SMARTS) is 1.